The third-order valence-electron chi connectivity index (χ3n) is 1.62. The van der Waals surface area contributed by atoms with Crippen molar-refractivity contribution < 1.29 is 9.90 Å². The molecule has 14 heavy (non-hydrogen) atoms. The van der Waals surface area contributed by atoms with Crippen molar-refractivity contribution in [2.75, 3.05) is 11.9 Å². The minimum Gasteiger partial charge on any atom is -0.387 e. The number of hydrogen-bond acceptors (Lipinski definition) is 5. The van der Waals surface area contributed by atoms with E-state index in [-0.39, 0.29) is 0 Å². The van der Waals surface area contributed by atoms with Crippen LogP contribution in [0.15, 0.2) is 12.7 Å². The van der Waals surface area contributed by atoms with Crippen molar-refractivity contribution in [1.82, 2.24) is 19.9 Å². The number of amides is 1. The molecule has 0 aliphatic carbocycles. The fourth-order valence-corrected chi connectivity index (χ4v) is 1.03. The van der Waals surface area contributed by atoms with E-state index in [1.54, 1.807) is 0 Å². The first kappa shape index (κ1) is 8.57. The van der Waals surface area contributed by atoms with Crippen molar-refractivity contribution in [3.63, 3.8) is 0 Å². The Labute approximate surface area is 78.2 Å². The molecule has 0 aromatic carbocycles. The van der Waals surface area contributed by atoms with Gasteiger partial charge in [-0.25, -0.2) is 15.0 Å². The van der Waals surface area contributed by atoms with Gasteiger partial charge in [0.05, 0.1) is 6.33 Å². The Morgan fingerprint density at radius 1 is 1.50 bits per heavy atom. The Balaban J connectivity index is 2.41. The molecule has 0 aliphatic rings. The summed E-state index contributed by atoms with van der Waals surface area (Å²) in [6.45, 7) is -0.584. The van der Waals surface area contributed by atoms with Crippen molar-refractivity contribution in [3.05, 3.63) is 12.7 Å². The van der Waals surface area contributed by atoms with Crippen LogP contribution in [0.25, 0.3) is 11.2 Å². The Kier molecular flexibility index (Phi) is 2.07. The predicted molar refractivity (Wildman–Crippen MR) is 47.4 cm³/mol. The SMILES string of the molecule is O=C(CO)Nc1ncnc2nc[nH]c12. The number of anilines is 1. The second-order valence-corrected chi connectivity index (χ2v) is 2.53. The third-order valence-corrected chi connectivity index (χ3v) is 1.62. The van der Waals surface area contributed by atoms with Gasteiger partial charge in [0.15, 0.2) is 11.5 Å². The quantitative estimate of drug-likeness (QED) is 0.584. The summed E-state index contributed by atoms with van der Waals surface area (Å²) < 4.78 is 0. The molecule has 0 aliphatic heterocycles. The first-order valence-corrected chi connectivity index (χ1v) is 3.86. The maximum absolute atomic E-state index is 10.9. The highest BCUT2D eigenvalue weighted by atomic mass is 16.3. The average Bonchev–Trinajstić information content (AvgIpc) is 2.66. The van der Waals surface area contributed by atoms with Crippen molar-refractivity contribution in [1.29, 1.82) is 0 Å². The Bertz CT molecular complexity index is 466. The first-order chi connectivity index (χ1) is 6.81. The van der Waals surface area contributed by atoms with Crippen LogP contribution in [0.1, 0.15) is 0 Å². The molecule has 2 heterocycles. The molecule has 3 N–H and O–H groups in total. The number of hydrogen-bond donors (Lipinski definition) is 3. The molecule has 72 valence electrons. The van der Waals surface area contributed by atoms with Gasteiger partial charge in [0, 0.05) is 0 Å². The topological polar surface area (TPSA) is 104 Å². The Morgan fingerprint density at radius 2 is 2.36 bits per heavy atom. The zero-order valence-corrected chi connectivity index (χ0v) is 7.06. The molecule has 2 rings (SSSR count). The number of aliphatic hydroxyl groups excluding tert-OH is 1. The molecular formula is C7H7N5O2. The molecule has 7 heteroatoms. The summed E-state index contributed by atoms with van der Waals surface area (Å²) in [4.78, 5) is 25.3. The lowest BCUT2D eigenvalue weighted by Gasteiger charge is -2.01. The molecule has 0 fully saturated rings. The van der Waals surface area contributed by atoms with E-state index in [2.05, 4.69) is 25.3 Å². The van der Waals surface area contributed by atoms with Crippen molar-refractivity contribution in [3.8, 4) is 0 Å². The van der Waals surface area contributed by atoms with Crippen molar-refractivity contribution in [2.45, 2.75) is 0 Å². The van der Waals surface area contributed by atoms with Crippen molar-refractivity contribution in [2.24, 2.45) is 0 Å². The second-order valence-electron chi connectivity index (χ2n) is 2.53. The van der Waals surface area contributed by atoms with Gasteiger partial charge in [-0.1, -0.05) is 0 Å². The van der Waals surface area contributed by atoms with E-state index in [1.165, 1.54) is 12.7 Å². The van der Waals surface area contributed by atoms with Crippen LogP contribution in [0.4, 0.5) is 5.82 Å². The van der Waals surface area contributed by atoms with Gasteiger partial charge in [0.1, 0.15) is 18.5 Å². The molecule has 0 saturated heterocycles. The van der Waals surface area contributed by atoms with Gasteiger partial charge >= 0.3 is 0 Å². The van der Waals surface area contributed by atoms with E-state index < -0.39 is 12.5 Å². The van der Waals surface area contributed by atoms with E-state index in [0.29, 0.717) is 17.0 Å². The van der Waals surface area contributed by atoms with E-state index in [4.69, 9.17) is 5.11 Å². The van der Waals surface area contributed by atoms with Gasteiger partial charge in [-0.2, -0.15) is 0 Å². The van der Waals surface area contributed by atoms with Crippen LogP contribution in [0.3, 0.4) is 0 Å². The second kappa shape index (κ2) is 3.38. The lowest BCUT2D eigenvalue weighted by atomic mass is 10.5. The number of aromatic nitrogens is 4. The van der Waals surface area contributed by atoms with Gasteiger partial charge in [-0.15, -0.1) is 0 Å². The minimum atomic E-state index is -0.584. The van der Waals surface area contributed by atoms with Crippen LogP contribution in [0.5, 0.6) is 0 Å². The van der Waals surface area contributed by atoms with Crippen LogP contribution in [0, 0.1) is 0 Å². The minimum absolute atomic E-state index is 0.312. The first-order valence-electron chi connectivity index (χ1n) is 3.86. The van der Waals surface area contributed by atoms with Gasteiger partial charge < -0.3 is 15.4 Å². The van der Waals surface area contributed by atoms with Gasteiger partial charge in [-0.05, 0) is 0 Å². The lowest BCUT2D eigenvalue weighted by molar-refractivity contribution is -0.118. The highest BCUT2D eigenvalue weighted by molar-refractivity contribution is 5.96. The number of rotatable bonds is 2. The molecular weight excluding hydrogens is 186 g/mol. The number of aromatic amines is 1. The number of imidazole rings is 1. The van der Waals surface area contributed by atoms with Crippen LogP contribution in [-0.2, 0) is 4.79 Å². The zero-order valence-electron chi connectivity index (χ0n) is 7.06. The molecule has 0 spiro atoms. The van der Waals surface area contributed by atoms with Crippen LogP contribution in [-0.4, -0.2) is 37.6 Å². The molecule has 0 atom stereocenters. The maximum Gasteiger partial charge on any atom is 0.251 e. The number of H-pyrrole nitrogens is 1. The normalized spacial score (nSPS) is 10.4. The molecule has 0 unspecified atom stereocenters. The largest absolute Gasteiger partial charge is 0.387 e. The summed E-state index contributed by atoms with van der Waals surface area (Å²) in [5.74, 6) is -0.217. The summed E-state index contributed by atoms with van der Waals surface area (Å²) in [5, 5.41) is 10.9. The number of carbonyl (C=O) groups excluding carboxylic acids is 1. The maximum atomic E-state index is 10.9. The number of nitrogens with zero attached hydrogens (tertiary/aromatic N) is 3. The fourth-order valence-electron chi connectivity index (χ4n) is 1.03. The Morgan fingerprint density at radius 3 is 3.14 bits per heavy atom. The van der Waals surface area contributed by atoms with Crippen LogP contribution < -0.4 is 5.32 Å². The Hall–Kier alpha value is -2.02. The van der Waals surface area contributed by atoms with E-state index >= 15 is 0 Å². The van der Waals surface area contributed by atoms with Crippen LogP contribution in [0.2, 0.25) is 0 Å². The van der Waals surface area contributed by atoms with Crippen molar-refractivity contribution >= 4 is 22.9 Å². The number of fused-ring (bicyclic) bond motifs is 1. The highest BCUT2D eigenvalue weighted by Crippen LogP contribution is 2.13. The highest BCUT2D eigenvalue weighted by Gasteiger charge is 2.07. The van der Waals surface area contributed by atoms with Crippen LogP contribution >= 0.6 is 0 Å². The monoisotopic (exact) mass is 193 g/mol. The molecule has 2 aromatic heterocycles. The third kappa shape index (κ3) is 1.40. The summed E-state index contributed by atoms with van der Waals surface area (Å²) in [7, 11) is 0. The molecule has 2 aromatic rings. The smallest absolute Gasteiger partial charge is 0.251 e. The number of aliphatic hydroxyl groups is 1. The summed E-state index contributed by atoms with van der Waals surface area (Å²) in [6, 6.07) is 0. The summed E-state index contributed by atoms with van der Waals surface area (Å²) >= 11 is 0. The molecule has 0 saturated carbocycles. The average molecular weight is 193 g/mol. The van der Waals surface area contributed by atoms with Gasteiger partial charge in [-0.3, -0.25) is 4.79 Å². The van der Waals surface area contributed by atoms with E-state index in [9.17, 15) is 4.79 Å². The standard InChI is InChI=1S/C7H7N5O2/c13-1-4(14)12-7-5-6(9-2-8-5)10-3-11-7/h2-3,13H,1H2,(H2,8,9,10,11,12,14). The molecule has 7 nitrogen and oxygen atoms in total. The number of nitrogens with one attached hydrogen (secondary N) is 2. The fraction of sp³-hybridized carbons (Fsp3) is 0.143. The van der Waals surface area contributed by atoms with Gasteiger partial charge in [0.25, 0.3) is 5.91 Å². The molecule has 0 radical (unpaired) electrons. The van der Waals surface area contributed by atoms with Gasteiger partial charge in [0.2, 0.25) is 0 Å². The predicted octanol–water partition coefficient (Wildman–Crippen LogP) is -0.716. The lowest BCUT2D eigenvalue weighted by Crippen LogP contribution is -2.16. The number of carbonyl (C=O) groups is 1. The summed E-state index contributed by atoms with van der Waals surface area (Å²) in [6.07, 6.45) is 2.74. The summed E-state index contributed by atoms with van der Waals surface area (Å²) in [5.41, 5.74) is 1.00. The van der Waals surface area contributed by atoms with E-state index in [0.717, 1.165) is 0 Å². The molecule has 1 amide bonds. The zero-order chi connectivity index (χ0) is 9.97. The molecule has 0 bridgehead atoms. The van der Waals surface area contributed by atoms with E-state index in [1.807, 2.05) is 0 Å².